The SMILES string of the molecule is O=C(Cl)C(OCc1ccccc1)(OCc1ccccc1)n1c(O)ccc1O. The summed E-state index contributed by atoms with van der Waals surface area (Å²) in [6, 6.07) is 20.6. The summed E-state index contributed by atoms with van der Waals surface area (Å²) in [4.78, 5) is 12.4. The Labute approximate surface area is 161 Å². The summed E-state index contributed by atoms with van der Waals surface area (Å²) in [5.74, 6) is -3.10. The number of carbonyl (C=O) groups is 1. The number of hydrogen-bond acceptors (Lipinski definition) is 5. The molecule has 0 saturated heterocycles. The van der Waals surface area contributed by atoms with Gasteiger partial charge in [-0.05, 0) is 22.7 Å². The van der Waals surface area contributed by atoms with E-state index in [0.717, 1.165) is 15.7 Å². The Bertz CT molecular complexity index is 832. The van der Waals surface area contributed by atoms with Crippen molar-refractivity contribution >= 4 is 16.8 Å². The minimum Gasteiger partial charge on any atom is -0.494 e. The smallest absolute Gasteiger partial charge is 0.340 e. The molecule has 0 fully saturated rings. The molecule has 3 aromatic rings. The van der Waals surface area contributed by atoms with E-state index in [-0.39, 0.29) is 13.2 Å². The van der Waals surface area contributed by atoms with Crippen molar-refractivity contribution in [2.24, 2.45) is 0 Å². The molecule has 0 atom stereocenters. The largest absolute Gasteiger partial charge is 0.494 e. The topological polar surface area (TPSA) is 80.9 Å². The van der Waals surface area contributed by atoms with Crippen molar-refractivity contribution in [1.29, 1.82) is 0 Å². The van der Waals surface area contributed by atoms with Gasteiger partial charge in [0.2, 0.25) is 0 Å². The molecule has 1 heterocycles. The molecule has 0 saturated carbocycles. The van der Waals surface area contributed by atoms with Crippen molar-refractivity contribution in [3.63, 3.8) is 0 Å². The molecule has 0 aliphatic heterocycles. The number of halogens is 1. The van der Waals surface area contributed by atoms with E-state index in [4.69, 9.17) is 21.1 Å². The number of hydrogen-bond donors (Lipinski definition) is 2. The van der Waals surface area contributed by atoms with E-state index in [9.17, 15) is 15.0 Å². The number of aromatic nitrogens is 1. The third-order valence-corrected chi connectivity index (χ3v) is 4.18. The van der Waals surface area contributed by atoms with Gasteiger partial charge in [-0.15, -0.1) is 0 Å². The van der Waals surface area contributed by atoms with Crippen molar-refractivity contribution in [2.75, 3.05) is 0 Å². The molecule has 0 unspecified atom stereocenters. The first-order valence-electron chi connectivity index (χ1n) is 8.19. The van der Waals surface area contributed by atoms with Gasteiger partial charge in [0.05, 0.1) is 13.2 Å². The normalized spacial score (nSPS) is 11.4. The molecule has 140 valence electrons. The highest BCUT2D eigenvalue weighted by molar-refractivity contribution is 6.64. The summed E-state index contributed by atoms with van der Waals surface area (Å²) in [7, 11) is 0. The van der Waals surface area contributed by atoms with Gasteiger partial charge in [-0.3, -0.25) is 4.79 Å². The zero-order valence-corrected chi connectivity index (χ0v) is 15.0. The van der Waals surface area contributed by atoms with Crippen molar-refractivity contribution in [3.8, 4) is 11.8 Å². The van der Waals surface area contributed by atoms with E-state index >= 15 is 0 Å². The Morgan fingerprint density at radius 2 is 1.22 bits per heavy atom. The number of aromatic hydroxyl groups is 2. The van der Waals surface area contributed by atoms with Crippen LogP contribution in [0.5, 0.6) is 11.8 Å². The molecule has 0 spiro atoms. The minimum absolute atomic E-state index is 0.0366. The third kappa shape index (κ3) is 4.14. The predicted octanol–water partition coefficient (Wildman–Crippen LogP) is 3.71. The summed E-state index contributed by atoms with van der Waals surface area (Å²) >= 11 is 5.84. The first kappa shape index (κ1) is 19.0. The number of benzene rings is 2. The van der Waals surface area contributed by atoms with Gasteiger partial charge in [-0.1, -0.05) is 60.7 Å². The maximum absolute atomic E-state index is 12.4. The van der Waals surface area contributed by atoms with Gasteiger partial charge in [-0.2, -0.15) is 0 Å². The van der Waals surface area contributed by atoms with E-state index in [1.807, 2.05) is 36.4 Å². The van der Waals surface area contributed by atoms with Crippen LogP contribution in [0.3, 0.4) is 0 Å². The van der Waals surface area contributed by atoms with Gasteiger partial charge in [0.1, 0.15) is 0 Å². The molecule has 0 aliphatic carbocycles. The molecule has 27 heavy (non-hydrogen) atoms. The summed E-state index contributed by atoms with van der Waals surface area (Å²) in [5.41, 5.74) is 1.52. The molecule has 0 amide bonds. The second-order valence-corrected chi connectivity index (χ2v) is 6.13. The maximum atomic E-state index is 12.4. The molecule has 2 aromatic carbocycles. The van der Waals surface area contributed by atoms with E-state index in [2.05, 4.69) is 0 Å². The average Bonchev–Trinajstić information content (AvgIpc) is 3.03. The van der Waals surface area contributed by atoms with Crippen LogP contribution in [0.1, 0.15) is 11.1 Å². The predicted molar refractivity (Wildman–Crippen MR) is 99.1 cm³/mol. The summed E-state index contributed by atoms with van der Waals surface area (Å²) in [6.45, 7) is -0.0731. The molecule has 1 aromatic heterocycles. The standard InChI is InChI=1S/C20H18ClNO5/c21-19(25)20(22-17(23)11-12-18(22)24,26-13-15-7-3-1-4-8-15)27-14-16-9-5-2-6-10-16/h1-12,23-24H,13-14H2. The lowest BCUT2D eigenvalue weighted by Gasteiger charge is -2.32. The summed E-state index contributed by atoms with van der Waals surface area (Å²) in [6.07, 6.45) is 0. The fourth-order valence-electron chi connectivity index (χ4n) is 2.60. The fraction of sp³-hybridized carbons (Fsp3) is 0.150. The molecular weight excluding hydrogens is 370 g/mol. The lowest BCUT2D eigenvalue weighted by atomic mass is 10.2. The van der Waals surface area contributed by atoms with Gasteiger partial charge in [0.15, 0.2) is 11.8 Å². The van der Waals surface area contributed by atoms with Crippen molar-refractivity contribution in [1.82, 2.24) is 4.57 Å². The van der Waals surface area contributed by atoms with Gasteiger partial charge in [0.25, 0.3) is 0 Å². The molecule has 2 N–H and O–H groups in total. The van der Waals surface area contributed by atoms with Gasteiger partial charge in [-0.25, -0.2) is 4.57 Å². The minimum atomic E-state index is -2.25. The molecule has 3 rings (SSSR count). The number of carbonyl (C=O) groups excluding carboxylic acids is 1. The first-order valence-corrected chi connectivity index (χ1v) is 8.56. The van der Waals surface area contributed by atoms with Crippen LogP contribution >= 0.6 is 11.6 Å². The van der Waals surface area contributed by atoms with Gasteiger partial charge < -0.3 is 19.7 Å². The van der Waals surface area contributed by atoms with Crippen LogP contribution in [-0.4, -0.2) is 20.0 Å². The second kappa shape index (κ2) is 8.26. The monoisotopic (exact) mass is 387 g/mol. The molecule has 6 nitrogen and oxygen atoms in total. The fourth-order valence-corrected chi connectivity index (χ4v) is 2.79. The van der Waals surface area contributed by atoms with Gasteiger partial charge >= 0.3 is 11.2 Å². The lowest BCUT2D eigenvalue weighted by molar-refractivity contribution is -0.282. The van der Waals surface area contributed by atoms with Crippen LogP contribution in [0.2, 0.25) is 0 Å². The van der Waals surface area contributed by atoms with E-state index < -0.39 is 22.9 Å². The second-order valence-electron chi connectivity index (χ2n) is 5.79. The Hall–Kier alpha value is -2.80. The van der Waals surface area contributed by atoms with E-state index in [1.165, 1.54) is 12.1 Å². The Morgan fingerprint density at radius 1 is 0.815 bits per heavy atom. The average molecular weight is 388 g/mol. The number of nitrogens with zero attached hydrogens (tertiary/aromatic N) is 1. The van der Waals surface area contributed by atoms with Gasteiger partial charge in [0, 0.05) is 12.1 Å². The first-order chi connectivity index (χ1) is 13.0. The summed E-state index contributed by atoms with van der Waals surface area (Å²) < 4.78 is 12.3. The highest BCUT2D eigenvalue weighted by Gasteiger charge is 2.46. The Kier molecular flexibility index (Phi) is 5.81. The van der Waals surface area contributed by atoms with Crippen LogP contribution in [0.4, 0.5) is 0 Å². The van der Waals surface area contributed by atoms with Crippen molar-refractivity contribution < 1.29 is 24.5 Å². The van der Waals surface area contributed by atoms with Crippen LogP contribution in [0, 0.1) is 0 Å². The molecule has 7 heteroatoms. The lowest BCUT2D eigenvalue weighted by Crippen LogP contribution is -2.44. The summed E-state index contributed by atoms with van der Waals surface area (Å²) in [5, 5.41) is 19.2. The Morgan fingerprint density at radius 3 is 1.59 bits per heavy atom. The van der Waals surface area contributed by atoms with Crippen LogP contribution < -0.4 is 0 Å². The van der Waals surface area contributed by atoms with Crippen LogP contribution in [0.15, 0.2) is 72.8 Å². The Balaban J connectivity index is 1.96. The quantitative estimate of drug-likeness (QED) is 0.455. The highest BCUT2D eigenvalue weighted by Crippen LogP contribution is 2.36. The van der Waals surface area contributed by atoms with E-state index in [0.29, 0.717) is 0 Å². The number of ether oxygens (including phenoxy) is 2. The van der Waals surface area contributed by atoms with Crippen molar-refractivity contribution in [3.05, 3.63) is 83.9 Å². The van der Waals surface area contributed by atoms with Crippen molar-refractivity contribution in [2.45, 2.75) is 19.1 Å². The van der Waals surface area contributed by atoms with Crippen LogP contribution in [0.25, 0.3) is 0 Å². The molecular formula is C20H18ClNO5. The molecule has 0 bridgehead atoms. The highest BCUT2D eigenvalue weighted by atomic mass is 35.5. The zero-order valence-electron chi connectivity index (χ0n) is 14.3. The maximum Gasteiger partial charge on any atom is 0.340 e. The number of rotatable bonds is 8. The van der Waals surface area contributed by atoms with Crippen LogP contribution in [-0.2, 0) is 33.4 Å². The molecule has 0 aliphatic rings. The molecule has 0 radical (unpaired) electrons. The third-order valence-electron chi connectivity index (χ3n) is 3.94. The zero-order chi connectivity index (χ0) is 19.3. The van der Waals surface area contributed by atoms with E-state index in [1.54, 1.807) is 24.3 Å².